The molecule has 1 amide bonds. The maximum absolute atomic E-state index is 12.9. The van der Waals surface area contributed by atoms with E-state index in [1.165, 1.54) is 0 Å². The molecule has 4 aromatic rings. The quantitative estimate of drug-likeness (QED) is 0.516. The number of hydrogen-bond acceptors (Lipinski definition) is 4. The van der Waals surface area contributed by atoms with Crippen molar-refractivity contribution in [3.05, 3.63) is 83.9 Å². The molecule has 4 nitrogen and oxygen atoms in total. The summed E-state index contributed by atoms with van der Waals surface area (Å²) < 4.78 is 6.83. The largest absolute Gasteiger partial charge is 0.488 e. The first kappa shape index (κ1) is 16.7. The van der Waals surface area contributed by atoms with Gasteiger partial charge in [-0.1, -0.05) is 42.5 Å². The Labute approximate surface area is 166 Å². The van der Waals surface area contributed by atoms with Crippen LogP contribution in [0.2, 0.25) is 0 Å². The Morgan fingerprint density at radius 1 is 0.964 bits per heavy atom. The van der Waals surface area contributed by atoms with E-state index in [-0.39, 0.29) is 12.5 Å². The highest BCUT2D eigenvalue weighted by molar-refractivity contribution is 7.21. The van der Waals surface area contributed by atoms with Crippen molar-refractivity contribution in [1.29, 1.82) is 0 Å². The lowest BCUT2D eigenvalue weighted by atomic mass is 10.1. The third-order valence-electron chi connectivity index (χ3n) is 4.62. The number of nitrogens with one attached hydrogen (secondary N) is 1. The fraction of sp³-hybridized carbons (Fsp3) is 0.0435. The Bertz CT molecular complexity index is 1190. The highest BCUT2D eigenvalue weighted by atomic mass is 32.1. The predicted octanol–water partition coefficient (Wildman–Crippen LogP) is 5.38. The van der Waals surface area contributed by atoms with Crippen LogP contribution < -0.4 is 10.1 Å². The fourth-order valence-corrected chi connectivity index (χ4v) is 4.22. The van der Waals surface area contributed by atoms with Gasteiger partial charge >= 0.3 is 0 Å². The van der Waals surface area contributed by atoms with Crippen LogP contribution in [-0.4, -0.2) is 17.5 Å². The lowest BCUT2D eigenvalue weighted by Crippen LogP contribution is -2.21. The van der Waals surface area contributed by atoms with Gasteiger partial charge in [0.2, 0.25) is 0 Å². The molecular weight excluding hydrogens is 368 g/mol. The molecule has 5 heteroatoms. The summed E-state index contributed by atoms with van der Waals surface area (Å²) >= 11 is 1.62. The number of hydrogen-bond donors (Lipinski definition) is 1. The van der Waals surface area contributed by atoms with Crippen molar-refractivity contribution in [2.45, 2.75) is 0 Å². The molecule has 0 atom stereocenters. The van der Waals surface area contributed by atoms with Gasteiger partial charge in [-0.3, -0.25) is 4.79 Å². The van der Waals surface area contributed by atoms with E-state index >= 15 is 0 Å². The van der Waals surface area contributed by atoms with Crippen LogP contribution in [0.25, 0.3) is 26.9 Å². The van der Waals surface area contributed by atoms with Gasteiger partial charge in [0.15, 0.2) is 0 Å². The third-order valence-corrected chi connectivity index (χ3v) is 5.69. The maximum Gasteiger partial charge on any atom is 0.255 e. The van der Waals surface area contributed by atoms with Crippen molar-refractivity contribution in [2.75, 3.05) is 11.9 Å². The molecule has 2 heterocycles. The molecule has 3 aromatic carbocycles. The van der Waals surface area contributed by atoms with E-state index in [4.69, 9.17) is 9.72 Å². The number of nitrogens with zero attached hydrogens (tertiary/aromatic N) is 1. The number of ether oxygens (including phenoxy) is 1. The van der Waals surface area contributed by atoms with Crippen LogP contribution in [0.5, 0.6) is 5.75 Å². The molecule has 0 saturated heterocycles. The molecule has 1 aliphatic rings. The van der Waals surface area contributed by atoms with Crippen molar-refractivity contribution in [2.24, 2.45) is 0 Å². The first-order valence-corrected chi connectivity index (χ1v) is 9.78. The van der Waals surface area contributed by atoms with E-state index in [0.29, 0.717) is 5.57 Å². The Morgan fingerprint density at radius 2 is 1.75 bits per heavy atom. The molecule has 28 heavy (non-hydrogen) atoms. The highest BCUT2D eigenvalue weighted by Crippen LogP contribution is 2.35. The minimum absolute atomic E-state index is 0.164. The summed E-state index contributed by atoms with van der Waals surface area (Å²) in [4.78, 5) is 17.6. The van der Waals surface area contributed by atoms with E-state index in [9.17, 15) is 4.79 Å². The molecule has 5 rings (SSSR count). The minimum atomic E-state index is -0.164. The summed E-state index contributed by atoms with van der Waals surface area (Å²) in [6.45, 7) is 0.256. The molecule has 1 N–H and O–H groups in total. The number of aromatic nitrogens is 1. The summed E-state index contributed by atoms with van der Waals surface area (Å²) in [5, 5.41) is 3.92. The monoisotopic (exact) mass is 384 g/mol. The number of fused-ring (bicyclic) bond motifs is 2. The van der Waals surface area contributed by atoms with Gasteiger partial charge in [0.05, 0.1) is 21.5 Å². The summed E-state index contributed by atoms with van der Waals surface area (Å²) in [6.07, 6.45) is 1.88. The van der Waals surface area contributed by atoms with Crippen molar-refractivity contribution in [1.82, 2.24) is 4.98 Å². The Hall–Kier alpha value is -3.44. The standard InChI is InChI=1S/C23H16N2O2S/c26-22(16-13-15-7-1-5-11-20(15)27-14-16)24-18-9-3-2-8-17(18)23-25-19-10-4-6-12-21(19)28-23/h1-13H,14H2,(H,24,26). The molecule has 0 saturated carbocycles. The molecule has 0 bridgehead atoms. The van der Waals surface area contributed by atoms with Crippen LogP contribution >= 0.6 is 11.3 Å². The molecule has 0 unspecified atom stereocenters. The molecule has 0 aliphatic carbocycles. The van der Waals surface area contributed by atoms with Crippen molar-refractivity contribution >= 4 is 39.2 Å². The minimum Gasteiger partial charge on any atom is -0.488 e. The van der Waals surface area contributed by atoms with Gasteiger partial charge in [-0.05, 0) is 36.4 Å². The number of benzene rings is 3. The van der Waals surface area contributed by atoms with E-state index in [2.05, 4.69) is 11.4 Å². The van der Waals surface area contributed by atoms with Crippen LogP contribution in [0.1, 0.15) is 5.56 Å². The summed E-state index contributed by atoms with van der Waals surface area (Å²) in [5.74, 6) is 0.636. The average molecular weight is 384 g/mol. The van der Waals surface area contributed by atoms with E-state index in [1.54, 1.807) is 11.3 Å². The molecule has 0 fully saturated rings. The van der Waals surface area contributed by atoms with Gasteiger partial charge in [-0.2, -0.15) is 0 Å². The Balaban J connectivity index is 1.46. The second kappa shape index (κ2) is 6.94. The first-order valence-electron chi connectivity index (χ1n) is 8.97. The topological polar surface area (TPSA) is 51.2 Å². The van der Waals surface area contributed by atoms with E-state index < -0.39 is 0 Å². The van der Waals surface area contributed by atoms with Crippen LogP contribution in [0.15, 0.2) is 78.4 Å². The Morgan fingerprint density at radius 3 is 2.68 bits per heavy atom. The SMILES string of the molecule is O=C(Nc1ccccc1-c1nc2ccccc2s1)C1=Cc2ccccc2OC1. The van der Waals surface area contributed by atoms with E-state index in [1.807, 2.05) is 72.8 Å². The summed E-state index contributed by atoms with van der Waals surface area (Å²) in [6, 6.07) is 23.5. The van der Waals surface area contributed by atoms with Gasteiger partial charge in [0.25, 0.3) is 5.91 Å². The predicted molar refractivity (Wildman–Crippen MR) is 114 cm³/mol. The van der Waals surface area contributed by atoms with Gasteiger partial charge in [0.1, 0.15) is 17.4 Å². The average Bonchev–Trinajstić information content (AvgIpc) is 3.18. The number of rotatable bonds is 3. The van der Waals surface area contributed by atoms with Gasteiger partial charge in [-0.25, -0.2) is 4.98 Å². The first-order chi connectivity index (χ1) is 13.8. The molecule has 1 aromatic heterocycles. The zero-order chi connectivity index (χ0) is 18.9. The fourth-order valence-electron chi connectivity index (χ4n) is 3.22. The van der Waals surface area contributed by atoms with Gasteiger partial charge < -0.3 is 10.1 Å². The second-order valence-electron chi connectivity index (χ2n) is 6.48. The smallest absolute Gasteiger partial charge is 0.255 e. The number of thiazole rings is 1. The third kappa shape index (κ3) is 3.06. The number of carbonyl (C=O) groups excluding carboxylic acids is 1. The van der Waals surface area contributed by atoms with Gasteiger partial charge in [-0.15, -0.1) is 11.3 Å². The normalized spacial score (nSPS) is 12.8. The van der Waals surface area contributed by atoms with Crippen LogP contribution in [-0.2, 0) is 4.79 Å². The zero-order valence-corrected chi connectivity index (χ0v) is 15.7. The zero-order valence-electron chi connectivity index (χ0n) is 14.9. The summed E-state index contributed by atoms with van der Waals surface area (Å²) in [5.41, 5.74) is 4.13. The molecule has 1 aliphatic heterocycles. The Kier molecular flexibility index (Phi) is 4.14. The van der Waals surface area contributed by atoms with Crippen molar-refractivity contribution in [3.8, 4) is 16.3 Å². The molecule has 0 spiro atoms. The highest BCUT2D eigenvalue weighted by Gasteiger charge is 2.19. The van der Waals surface area contributed by atoms with Crippen molar-refractivity contribution in [3.63, 3.8) is 0 Å². The molecule has 0 radical (unpaired) electrons. The molecule has 136 valence electrons. The number of carbonyl (C=O) groups is 1. The van der Waals surface area contributed by atoms with Crippen LogP contribution in [0.3, 0.4) is 0 Å². The summed E-state index contributed by atoms with van der Waals surface area (Å²) in [7, 11) is 0. The van der Waals surface area contributed by atoms with E-state index in [0.717, 1.165) is 37.8 Å². The maximum atomic E-state index is 12.9. The van der Waals surface area contributed by atoms with Crippen molar-refractivity contribution < 1.29 is 9.53 Å². The lowest BCUT2D eigenvalue weighted by molar-refractivity contribution is -0.113. The second-order valence-corrected chi connectivity index (χ2v) is 7.51. The molecular formula is C23H16N2O2S. The van der Waals surface area contributed by atoms with Crippen LogP contribution in [0.4, 0.5) is 5.69 Å². The lowest BCUT2D eigenvalue weighted by Gasteiger charge is -2.18. The van der Waals surface area contributed by atoms with Gasteiger partial charge in [0, 0.05) is 11.1 Å². The number of anilines is 1. The number of amides is 1. The number of para-hydroxylation sites is 3. The van der Waals surface area contributed by atoms with Crippen LogP contribution in [0, 0.1) is 0 Å².